The summed E-state index contributed by atoms with van der Waals surface area (Å²) in [4.78, 5) is 29.3. The number of carbonyl (C=O) groups is 2. The molecule has 0 saturated carbocycles. The van der Waals surface area contributed by atoms with Crippen molar-refractivity contribution in [1.82, 2.24) is 15.2 Å². The largest absolute Gasteiger partial charge is 0.354 e. The van der Waals surface area contributed by atoms with Crippen molar-refractivity contribution in [3.8, 4) is 0 Å². The average Bonchev–Trinajstić information content (AvgIpc) is 2.72. The van der Waals surface area contributed by atoms with Crippen LogP contribution in [0.5, 0.6) is 0 Å². The van der Waals surface area contributed by atoms with E-state index in [-0.39, 0.29) is 24.4 Å². The van der Waals surface area contributed by atoms with Crippen LogP contribution in [0.25, 0.3) is 0 Å². The first-order chi connectivity index (χ1) is 8.58. The molecule has 0 bridgehead atoms. The van der Waals surface area contributed by atoms with E-state index in [2.05, 4.69) is 10.3 Å². The average molecular weight is 268 g/mol. The van der Waals surface area contributed by atoms with Crippen molar-refractivity contribution >= 4 is 23.2 Å². The Labute approximate surface area is 109 Å². The molecule has 2 rings (SSSR count). The molecule has 7 heteroatoms. The van der Waals surface area contributed by atoms with Crippen LogP contribution in [0.1, 0.15) is 34.9 Å². The van der Waals surface area contributed by atoms with E-state index in [9.17, 15) is 9.59 Å². The van der Waals surface area contributed by atoms with E-state index in [1.807, 2.05) is 6.92 Å². The molecule has 6 nitrogen and oxygen atoms in total. The van der Waals surface area contributed by atoms with Crippen molar-refractivity contribution in [2.75, 3.05) is 19.6 Å². The van der Waals surface area contributed by atoms with E-state index in [0.29, 0.717) is 18.8 Å². The zero-order valence-electron chi connectivity index (χ0n) is 10.2. The van der Waals surface area contributed by atoms with Gasteiger partial charge in [-0.15, -0.1) is 11.3 Å². The Morgan fingerprint density at radius 3 is 3.11 bits per heavy atom. The van der Waals surface area contributed by atoms with Crippen LogP contribution in [-0.4, -0.2) is 41.3 Å². The smallest absolute Gasteiger partial charge is 0.273 e. The molecule has 0 aromatic carbocycles. The number of amides is 2. The van der Waals surface area contributed by atoms with Crippen LogP contribution < -0.4 is 11.1 Å². The second-order valence-corrected chi connectivity index (χ2v) is 5.18. The number of nitrogens with zero attached hydrogens (tertiary/aromatic N) is 2. The molecule has 1 atom stereocenters. The van der Waals surface area contributed by atoms with E-state index in [4.69, 9.17) is 5.73 Å². The van der Waals surface area contributed by atoms with Gasteiger partial charge in [0.2, 0.25) is 5.91 Å². The molecule has 1 aromatic heterocycles. The molecule has 18 heavy (non-hydrogen) atoms. The van der Waals surface area contributed by atoms with Crippen LogP contribution in [0.2, 0.25) is 0 Å². The van der Waals surface area contributed by atoms with Crippen molar-refractivity contribution in [2.45, 2.75) is 19.4 Å². The summed E-state index contributed by atoms with van der Waals surface area (Å²) in [5.74, 6) is -0.321. The molecule has 1 fully saturated rings. The number of hydrogen-bond acceptors (Lipinski definition) is 5. The van der Waals surface area contributed by atoms with Crippen molar-refractivity contribution in [3.05, 3.63) is 16.1 Å². The lowest BCUT2D eigenvalue weighted by molar-refractivity contribution is -0.121. The van der Waals surface area contributed by atoms with Gasteiger partial charge in [0.25, 0.3) is 5.91 Å². The molecule has 1 aliphatic heterocycles. The Hall–Kier alpha value is -1.47. The Bertz CT molecular complexity index is 458. The van der Waals surface area contributed by atoms with Gasteiger partial charge >= 0.3 is 0 Å². The summed E-state index contributed by atoms with van der Waals surface area (Å²) < 4.78 is 0. The standard InChI is InChI=1S/C11H16N4O2S/c1-7(12)10-14-8(6-18-10)11(17)15-4-2-3-13-9(16)5-15/h6-7H,2-5,12H2,1H3,(H,13,16). The highest BCUT2D eigenvalue weighted by molar-refractivity contribution is 7.09. The highest BCUT2D eigenvalue weighted by atomic mass is 32.1. The zero-order chi connectivity index (χ0) is 13.1. The number of nitrogens with two attached hydrogens (primary N) is 1. The first kappa shape index (κ1) is 13.0. The Morgan fingerprint density at radius 1 is 1.67 bits per heavy atom. The molecule has 2 heterocycles. The van der Waals surface area contributed by atoms with Crippen LogP contribution in [0, 0.1) is 0 Å². The van der Waals surface area contributed by atoms with Gasteiger partial charge in [-0.3, -0.25) is 9.59 Å². The number of hydrogen-bond donors (Lipinski definition) is 2. The van der Waals surface area contributed by atoms with E-state index in [1.165, 1.54) is 16.2 Å². The first-order valence-electron chi connectivity index (χ1n) is 5.85. The molecular formula is C11H16N4O2S. The van der Waals surface area contributed by atoms with Crippen molar-refractivity contribution in [2.24, 2.45) is 5.73 Å². The minimum Gasteiger partial charge on any atom is -0.354 e. The quantitative estimate of drug-likeness (QED) is 0.797. The molecule has 2 amide bonds. The maximum absolute atomic E-state index is 12.2. The molecule has 1 aromatic rings. The molecule has 0 spiro atoms. The molecule has 3 N–H and O–H groups in total. The number of carbonyl (C=O) groups excluding carboxylic acids is 2. The topological polar surface area (TPSA) is 88.3 Å². The zero-order valence-corrected chi connectivity index (χ0v) is 11.0. The normalized spacial score (nSPS) is 18.1. The van der Waals surface area contributed by atoms with Gasteiger partial charge in [-0.1, -0.05) is 0 Å². The fraction of sp³-hybridized carbons (Fsp3) is 0.545. The summed E-state index contributed by atoms with van der Waals surface area (Å²) in [6, 6.07) is -0.177. The highest BCUT2D eigenvalue weighted by Gasteiger charge is 2.23. The van der Waals surface area contributed by atoms with E-state index in [0.717, 1.165) is 11.4 Å². The molecule has 1 aliphatic rings. The molecule has 98 valence electrons. The maximum Gasteiger partial charge on any atom is 0.273 e. The maximum atomic E-state index is 12.2. The van der Waals surface area contributed by atoms with Gasteiger partial charge in [0.15, 0.2) is 0 Å². The van der Waals surface area contributed by atoms with Crippen LogP contribution in [0.3, 0.4) is 0 Å². The van der Waals surface area contributed by atoms with Gasteiger partial charge < -0.3 is 16.0 Å². The minimum atomic E-state index is -0.199. The second-order valence-electron chi connectivity index (χ2n) is 4.29. The predicted molar refractivity (Wildman–Crippen MR) is 68.2 cm³/mol. The van der Waals surface area contributed by atoms with Crippen molar-refractivity contribution < 1.29 is 9.59 Å². The fourth-order valence-electron chi connectivity index (χ4n) is 1.74. The second kappa shape index (κ2) is 5.45. The van der Waals surface area contributed by atoms with Crippen LogP contribution in [0.15, 0.2) is 5.38 Å². The summed E-state index contributed by atoms with van der Waals surface area (Å²) in [5, 5.41) is 5.17. The van der Waals surface area contributed by atoms with E-state index >= 15 is 0 Å². The van der Waals surface area contributed by atoms with Gasteiger partial charge in [-0.2, -0.15) is 0 Å². The molecule has 1 unspecified atom stereocenters. The van der Waals surface area contributed by atoms with Crippen LogP contribution in [0.4, 0.5) is 0 Å². The van der Waals surface area contributed by atoms with Gasteiger partial charge in [0.05, 0.1) is 12.6 Å². The molecule has 1 saturated heterocycles. The summed E-state index contributed by atoms with van der Waals surface area (Å²) in [5.41, 5.74) is 6.09. The third-order valence-electron chi connectivity index (χ3n) is 2.68. The van der Waals surface area contributed by atoms with Gasteiger partial charge in [-0.25, -0.2) is 4.98 Å². The number of thiazole rings is 1. The minimum absolute atomic E-state index is 0.101. The molecule has 0 radical (unpaired) electrons. The first-order valence-corrected chi connectivity index (χ1v) is 6.73. The number of nitrogens with one attached hydrogen (secondary N) is 1. The Morgan fingerprint density at radius 2 is 2.44 bits per heavy atom. The Balaban J connectivity index is 2.11. The van der Waals surface area contributed by atoms with Gasteiger partial charge in [-0.05, 0) is 13.3 Å². The number of rotatable bonds is 2. The summed E-state index contributed by atoms with van der Waals surface area (Å²) >= 11 is 1.37. The molecule has 0 aliphatic carbocycles. The van der Waals surface area contributed by atoms with Gasteiger partial charge in [0, 0.05) is 18.5 Å². The predicted octanol–water partition coefficient (Wildman–Crippen LogP) is 0.125. The van der Waals surface area contributed by atoms with Gasteiger partial charge in [0.1, 0.15) is 10.7 Å². The van der Waals surface area contributed by atoms with Crippen LogP contribution in [-0.2, 0) is 4.79 Å². The van der Waals surface area contributed by atoms with Crippen LogP contribution >= 0.6 is 11.3 Å². The number of aromatic nitrogens is 1. The fourth-order valence-corrected chi connectivity index (χ4v) is 2.49. The summed E-state index contributed by atoms with van der Waals surface area (Å²) in [6.45, 7) is 3.11. The highest BCUT2D eigenvalue weighted by Crippen LogP contribution is 2.17. The summed E-state index contributed by atoms with van der Waals surface area (Å²) in [7, 11) is 0. The molecular weight excluding hydrogens is 252 g/mol. The summed E-state index contributed by atoms with van der Waals surface area (Å²) in [6.07, 6.45) is 0.766. The van der Waals surface area contributed by atoms with Crippen molar-refractivity contribution in [1.29, 1.82) is 0 Å². The lowest BCUT2D eigenvalue weighted by Gasteiger charge is -2.17. The SMILES string of the molecule is CC(N)c1nc(C(=O)N2CCCNC(=O)C2)cs1. The van der Waals surface area contributed by atoms with E-state index in [1.54, 1.807) is 5.38 Å². The third kappa shape index (κ3) is 2.85. The lowest BCUT2D eigenvalue weighted by Crippen LogP contribution is -2.37. The van der Waals surface area contributed by atoms with Crippen molar-refractivity contribution in [3.63, 3.8) is 0 Å². The van der Waals surface area contributed by atoms with E-state index < -0.39 is 0 Å². The third-order valence-corrected chi connectivity index (χ3v) is 3.72. The lowest BCUT2D eigenvalue weighted by atomic mass is 10.3. The Kier molecular flexibility index (Phi) is 3.93. The monoisotopic (exact) mass is 268 g/mol.